The average Bonchev–Trinajstić information content (AvgIpc) is 3.51. The molecule has 1 aromatic rings. The summed E-state index contributed by atoms with van der Waals surface area (Å²) in [7, 11) is 0. The van der Waals surface area contributed by atoms with Crippen molar-refractivity contribution in [2.24, 2.45) is 5.73 Å². The van der Waals surface area contributed by atoms with Crippen LogP contribution in [-0.4, -0.2) is 83.0 Å². The zero-order valence-electron chi connectivity index (χ0n) is 20.8. The molecule has 0 aliphatic carbocycles. The first kappa shape index (κ1) is 25.4. The number of primary amides is 1. The molecule has 0 aromatic heterocycles. The molecule has 3 aliphatic rings. The van der Waals surface area contributed by atoms with Gasteiger partial charge in [0.2, 0.25) is 17.7 Å². The highest BCUT2D eigenvalue weighted by atomic mass is 16.6. The lowest BCUT2D eigenvalue weighted by atomic mass is 10.1. The van der Waals surface area contributed by atoms with Crippen molar-refractivity contribution in [2.45, 2.75) is 69.8 Å². The van der Waals surface area contributed by atoms with Crippen LogP contribution in [0.4, 0.5) is 10.5 Å². The number of nitrogens with zero attached hydrogens (tertiary/aromatic N) is 4. The number of piperazine rings is 1. The van der Waals surface area contributed by atoms with Crippen LogP contribution in [0, 0.1) is 11.3 Å². The normalized spacial score (nSPS) is 24.5. The van der Waals surface area contributed by atoms with Gasteiger partial charge in [-0.3, -0.25) is 19.3 Å². The summed E-state index contributed by atoms with van der Waals surface area (Å²) >= 11 is 0. The fourth-order valence-electron chi connectivity index (χ4n) is 5.22. The number of hydrogen-bond donors (Lipinski definition) is 2. The number of carbonyl (C=O) groups is 4. The molecule has 11 heteroatoms. The molecule has 1 aromatic carbocycles. The fourth-order valence-corrected chi connectivity index (χ4v) is 5.22. The van der Waals surface area contributed by atoms with E-state index >= 15 is 0 Å². The van der Waals surface area contributed by atoms with E-state index in [1.54, 1.807) is 49.9 Å². The number of amides is 4. The number of anilines is 1. The first-order valence-electron chi connectivity index (χ1n) is 12.1. The summed E-state index contributed by atoms with van der Waals surface area (Å²) in [5.41, 5.74) is 5.62. The lowest BCUT2D eigenvalue weighted by Gasteiger charge is -2.36. The number of alkyl carbamates (subject to hydrolysis) is 1. The highest BCUT2D eigenvalue weighted by Gasteiger charge is 2.51. The Labute approximate surface area is 210 Å². The smallest absolute Gasteiger partial charge is 0.408 e. The Hall–Kier alpha value is -3.65. The van der Waals surface area contributed by atoms with Gasteiger partial charge >= 0.3 is 6.09 Å². The van der Waals surface area contributed by atoms with E-state index in [0.29, 0.717) is 37.2 Å². The van der Waals surface area contributed by atoms with E-state index in [4.69, 9.17) is 10.5 Å². The fraction of sp³-hybridized carbons (Fsp3) is 0.560. The predicted molar refractivity (Wildman–Crippen MR) is 130 cm³/mol. The van der Waals surface area contributed by atoms with E-state index < -0.39 is 35.7 Å². The number of nitriles is 1. The summed E-state index contributed by atoms with van der Waals surface area (Å²) in [6.45, 7) is 6.31. The van der Waals surface area contributed by atoms with Crippen LogP contribution in [0.1, 0.15) is 50.4 Å². The third-order valence-electron chi connectivity index (χ3n) is 6.79. The molecule has 11 nitrogen and oxygen atoms in total. The molecule has 3 saturated heterocycles. The van der Waals surface area contributed by atoms with Crippen LogP contribution in [-0.2, 0) is 14.3 Å². The van der Waals surface area contributed by atoms with Crippen LogP contribution in [0.3, 0.4) is 0 Å². The van der Waals surface area contributed by atoms with Crippen molar-refractivity contribution in [3.8, 4) is 6.07 Å². The number of fused-ring (bicyclic) bond motifs is 2. The standard InChI is InChI=1S/C25H32N6O5/c1-25(2,3)36-24(35)28-19(22(33)30-10-4-5-17(30)12-26)14-29-13-18-11-20(29)23(34)31(18)16-8-6-15(7-9-16)21(27)32/h6-9,17-20H,4-5,10-11,13-14H2,1-3H3,(H2,27,32)(H,28,35)/t17?,18-,19?,20?/m0/s1. The second kappa shape index (κ2) is 9.78. The quantitative estimate of drug-likeness (QED) is 0.596. The Kier molecular flexibility index (Phi) is 6.91. The maximum atomic E-state index is 13.4. The highest BCUT2D eigenvalue weighted by Crippen LogP contribution is 2.36. The van der Waals surface area contributed by atoms with Crippen LogP contribution in [0.15, 0.2) is 24.3 Å². The van der Waals surface area contributed by atoms with Gasteiger partial charge in [-0.25, -0.2) is 4.79 Å². The van der Waals surface area contributed by atoms with Crippen LogP contribution < -0.4 is 16.0 Å². The Bertz CT molecular complexity index is 1090. The summed E-state index contributed by atoms with van der Waals surface area (Å²) < 4.78 is 5.37. The van der Waals surface area contributed by atoms with Crippen LogP contribution in [0.25, 0.3) is 0 Å². The Morgan fingerprint density at radius 3 is 2.53 bits per heavy atom. The zero-order chi connectivity index (χ0) is 26.2. The Morgan fingerprint density at radius 2 is 1.94 bits per heavy atom. The van der Waals surface area contributed by atoms with Gasteiger partial charge < -0.3 is 25.6 Å². The SMILES string of the molecule is CC(C)(C)OC(=O)NC(CN1C[C@@H]2CC1C(=O)N2c1ccc(C(N)=O)cc1)C(=O)N1CCCC1C#N. The Balaban J connectivity index is 1.48. The first-order chi connectivity index (χ1) is 17.0. The summed E-state index contributed by atoms with van der Waals surface area (Å²) in [4.78, 5) is 55.7. The molecule has 192 valence electrons. The Morgan fingerprint density at radius 1 is 1.25 bits per heavy atom. The number of carbonyl (C=O) groups excluding carboxylic acids is 4. The molecule has 4 amide bonds. The van der Waals surface area contributed by atoms with Crippen LogP contribution in [0.2, 0.25) is 0 Å². The van der Waals surface area contributed by atoms with Crippen molar-refractivity contribution in [1.29, 1.82) is 5.26 Å². The number of likely N-dealkylation sites (tertiary alicyclic amines) is 2. The topological polar surface area (TPSA) is 149 Å². The van der Waals surface area contributed by atoms with Crippen LogP contribution in [0.5, 0.6) is 0 Å². The van der Waals surface area contributed by atoms with Gasteiger partial charge in [0.1, 0.15) is 17.7 Å². The molecule has 3 unspecified atom stereocenters. The largest absolute Gasteiger partial charge is 0.444 e. The lowest BCUT2D eigenvalue weighted by molar-refractivity contribution is -0.135. The van der Waals surface area contributed by atoms with E-state index in [2.05, 4.69) is 11.4 Å². The van der Waals surface area contributed by atoms with Gasteiger partial charge in [-0.15, -0.1) is 0 Å². The third-order valence-corrected chi connectivity index (χ3v) is 6.79. The molecule has 0 radical (unpaired) electrons. The highest BCUT2D eigenvalue weighted by molar-refractivity contribution is 6.02. The van der Waals surface area contributed by atoms with Gasteiger partial charge in [0.15, 0.2) is 0 Å². The second-order valence-corrected chi connectivity index (χ2v) is 10.5. The minimum Gasteiger partial charge on any atom is -0.444 e. The van der Waals surface area contributed by atoms with E-state index in [-0.39, 0.29) is 24.4 Å². The number of hydrogen-bond acceptors (Lipinski definition) is 7. The molecule has 0 saturated carbocycles. The molecule has 3 heterocycles. The summed E-state index contributed by atoms with van der Waals surface area (Å²) in [6, 6.07) is 6.73. The van der Waals surface area contributed by atoms with E-state index in [1.165, 1.54) is 4.90 Å². The van der Waals surface area contributed by atoms with Crippen molar-refractivity contribution in [3.05, 3.63) is 29.8 Å². The molecular formula is C25H32N6O5. The van der Waals surface area contributed by atoms with Gasteiger partial charge in [0.25, 0.3) is 0 Å². The molecule has 2 bridgehead atoms. The monoisotopic (exact) mass is 496 g/mol. The van der Waals surface area contributed by atoms with Crippen molar-refractivity contribution in [1.82, 2.24) is 15.1 Å². The molecule has 3 fully saturated rings. The summed E-state index contributed by atoms with van der Waals surface area (Å²) in [5.74, 6) is -0.983. The van der Waals surface area contributed by atoms with Crippen molar-refractivity contribution < 1.29 is 23.9 Å². The molecule has 4 atom stereocenters. The number of ether oxygens (including phenoxy) is 1. The second-order valence-electron chi connectivity index (χ2n) is 10.5. The minimum atomic E-state index is -0.954. The molecule has 3 aliphatic heterocycles. The van der Waals surface area contributed by atoms with Gasteiger partial charge in [0.05, 0.1) is 18.2 Å². The van der Waals surface area contributed by atoms with Gasteiger partial charge in [-0.1, -0.05) is 0 Å². The maximum Gasteiger partial charge on any atom is 0.408 e. The molecule has 4 rings (SSSR count). The summed E-state index contributed by atoms with van der Waals surface area (Å²) in [5, 5.41) is 12.1. The number of benzene rings is 1. The number of nitrogens with two attached hydrogens (primary N) is 1. The van der Waals surface area contributed by atoms with Crippen molar-refractivity contribution >= 4 is 29.5 Å². The molecule has 0 spiro atoms. The molecular weight excluding hydrogens is 464 g/mol. The predicted octanol–water partition coefficient (Wildman–Crippen LogP) is 0.983. The third kappa shape index (κ3) is 5.14. The first-order valence-corrected chi connectivity index (χ1v) is 12.1. The maximum absolute atomic E-state index is 13.4. The van der Waals surface area contributed by atoms with Crippen molar-refractivity contribution in [3.63, 3.8) is 0 Å². The average molecular weight is 497 g/mol. The van der Waals surface area contributed by atoms with Gasteiger partial charge in [-0.2, -0.15) is 5.26 Å². The van der Waals surface area contributed by atoms with Crippen molar-refractivity contribution in [2.75, 3.05) is 24.5 Å². The summed E-state index contributed by atoms with van der Waals surface area (Å²) in [6.07, 6.45) is 1.19. The minimum absolute atomic E-state index is 0.0992. The molecule has 3 N–H and O–H groups in total. The van der Waals surface area contributed by atoms with Gasteiger partial charge in [0, 0.05) is 30.9 Å². The lowest BCUT2D eigenvalue weighted by Crippen LogP contribution is -2.59. The van der Waals surface area contributed by atoms with E-state index in [9.17, 15) is 24.4 Å². The van der Waals surface area contributed by atoms with Gasteiger partial charge in [-0.05, 0) is 64.3 Å². The van der Waals surface area contributed by atoms with Crippen LogP contribution >= 0.6 is 0 Å². The van der Waals surface area contributed by atoms with E-state index in [1.807, 2.05) is 4.90 Å². The van der Waals surface area contributed by atoms with E-state index in [0.717, 1.165) is 6.42 Å². The number of nitrogens with one attached hydrogen (secondary N) is 1. The zero-order valence-corrected chi connectivity index (χ0v) is 20.8. The molecule has 36 heavy (non-hydrogen) atoms. The number of rotatable bonds is 6.